The fraction of sp³-hybridized carbons (Fsp3) is 0. The normalized spacial score (nSPS) is 10.4. The maximum atomic E-state index is 11.1. The topological polar surface area (TPSA) is 80.9 Å². The van der Waals surface area contributed by atoms with E-state index in [9.17, 15) is 4.79 Å². The Morgan fingerprint density at radius 3 is 2.75 bits per heavy atom. The average Bonchev–Trinajstić information content (AvgIpc) is 2.48. The summed E-state index contributed by atoms with van der Waals surface area (Å²) >= 11 is 0. The minimum Gasteiger partial charge on any atom is -0.364 e. The molecule has 0 saturated carbocycles. The van der Waals surface area contributed by atoms with Crippen molar-refractivity contribution >= 4 is 28.3 Å². The van der Waals surface area contributed by atoms with Crippen molar-refractivity contribution in [2.24, 2.45) is 5.73 Å². The highest BCUT2D eigenvalue weighted by Crippen LogP contribution is 2.23. The number of amides is 1. The van der Waals surface area contributed by atoms with Gasteiger partial charge in [0, 0.05) is 11.6 Å². The van der Waals surface area contributed by atoms with Crippen molar-refractivity contribution in [2.45, 2.75) is 0 Å². The lowest BCUT2D eigenvalue weighted by atomic mass is 10.1. The maximum Gasteiger partial charge on any atom is 0.267 e. The van der Waals surface area contributed by atoms with Gasteiger partial charge >= 0.3 is 0 Å². The van der Waals surface area contributed by atoms with Crippen LogP contribution in [-0.2, 0) is 0 Å². The zero-order chi connectivity index (χ0) is 13.9. The number of benzene rings is 1. The molecular weight excluding hydrogens is 252 g/mol. The van der Waals surface area contributed by atoms with Gasteiger partial charge in [0.1, 0.15) is 17.3 Å². The van der Waals surface area contributed by atoms with Crippen LogP contribution in [0.15, 0.2) is 54.7 Å². The number of nitrogens with zero attached hydrogens (tertiary/aromatic N) is 2. The van der Waals surface area contributed by atoms with Crippen LogP contribution in [0, 0.1) is 0 Å². The van der Waals surface area contributed by atoms with Gasteiger partial charge in [-0.2, -0.15) is 0 Å². The second-order valence-corrected chi connectivity index (χ2v) is 4.28. The fourth-order valence-corrected chi connectivity index (χ4v) is 1.98. The Morgan fingerprint density at radius 1 is 1.05 bits per heavy atom. The van der Waals surface area contributed by atoms with Crippen LogP contribution in [0.25, 0.3) is 10.8 Å². The second-order valence-electron chi connectivity index (χ2n) is 4.28. The summed E-state index contributed by atoms with van der Waals surface area (Å²) < 4.78 is 0. The summed E-state index contributed by atoms with van der Waals surface area (Å²) in [7, 11) is 0. The summed E-state index contributed by atoms with van der Waals surface area (Å²) in [6, 6.07) is 14.9. The van der Waals surface area contributed by atoms with Gasteiger partial charge in [0.25, 0.3) is 5.91 Å². The quantitative estimate of drug-likeness (QED) is 0.761. The minimum absolute atomic E-state index is 0.218. The van der Waals surface area contributed by atoms with E-state index in [1.54, 1.807) is 24.4 Å². The van der Waals surface area contributed by atoms with Crippen LogP contribution in [0.1, 0.15) is 10.5 Å². The first-order chi connectivity index (χ1) is 9.74. The third-order valence-electron chi connectivity index (χ3n) is 2.92. The Hall–Kier alpha value is -2.95. The molecule has 1 aromatic carbocycles. The van der Waals surface area contributed by atoms with E-state index in [2.05, 4.69) is 15.3 Å². The van der Waals surface area contributed by atoms with Gasteiger partial charge in [-0.15, -0.1) is 0 Å². The molecule has 20 heavy (non-hydrogen) atoms. The molecule has 0 unspecified atom stereocenters. The number of nitrogens with one attached hydrogen (secondary N) is 1. The molecule has 0 atom stereocenters. The van der Waals surface area contributed by atoms with Gasteiger partial charge in [-0.25, -0.2) is 9.97 Å². The summed E-state index contributed by atoms with van der Waals surface area (Å²) in [5.41, 5.74) is 5.44. The number of anilines is 2. The minimum atomic E-state index is -0.556. The predicted octanol–water partition coefficient (Wildman–Crippen LogP) is 2.47. The van der Waals surface area contributed by atoms with Crippen molar-refractivity contribution in [3.8, 4) is 0 Å². The van der Waals surface area contributed by atoms with E-state index in [1.807, 2.05) is 30.3 Å². The molecule has 0 aliphatic heterocycles. The Labute approximate surface area is 115 Å². The zero-order valence-corrected chi connectivity index (χ0v) is 10.6. The highest BCUT2D eigenvalue weighted by atomic mass is 16.1. The predicted molar refractivity (Wildman–Crippen MR) is 77.8 cm³/mol. The van der Waals surface area contributed by atoms with Crippen LogP contribution in [0.5, 0.6) is 0 Å². The molecule has 0 spiro atoms. The highest BCUT2D eigenvalue weighted by molar-refractivity contribution is 5.93. The SMILES string of the molecule is NC(=O)c1cccc(Nc2nccc3ccccc23)n1. The molecule has 3 aromatic rings. The first-order valence-electron chi connectivity index (χ1n) is 6.12. The molecule has 2 aromatic heterocycles. The standard InChI is InChI=1S/C15H12N4O/c16-14(20)12-6-3-7-13(18-12)19-15-11-5-2-1-4-10(11)8-9-17-15/h1-9H,(H2,16,20)(H,17,18,19). The molecule has 0 radical (unpaired) electrons. The first kappa shape index (κ1) is 12.1. The maximum absolute atomic E-state index is 11.1. The third kappa shape index (κ3) is 2.29. The summed E-state index contributed by atoms with van der Waals surface area (Å²) in [6.45, 7) is 0. The summed E-state index contributed by atoms with van der Waals surface area (Å²) in [6.07, 6.45) is 1.72. The van der Waals surface area contributed by atoms with Crippen molar-refractivity contribution in [1.82, 2.24) is 9.97 Å². The van der Waals surface area contributed by atoms with Crippen LogP contribution < -0.4 is 11.1 Å². The van der Waals surface area contributed by atoms with Crippen LogP contribution in [-0.4, -0.2) is 15.9 Å². The summed E-state index contributed by atoms with van der Waals surface area (Å²) in [4.78, 5) is 19.6. The molecule has 98 valence electrons. The molecule has 0 fully saturated rings. The number of hydrogen-bond donors (Lipinski definition) is 2. The number of carbonyl (C=O) groups is 1. The monoisotopic (exact) mass is 264 g/mol. The lowest BCUT2D eigenvalue weighted by Crippen LogP contribution is -2.13. The number of nitrogens with two attached hydrogens (primary N) is 1. The van der Waals surface area contributed by atoms with E-state index in [0.29, 0.717) is 11.6 Å². The molecule has 0 bridgehead atoms. The van der Waals surface area contributed by atoms with Crippen LogP contribution in [0.3, 0.4) is 0 Å². The molecule has 3 N–H and O–H groups in total. The van der Waals surface area contributed by atoms with E-state index in [1.165, 1.54) is 0 Å². The van der Waals surface area contributed by atoms with Crippen molar-refractivity contribution in [3.05, 3.63) is 60.4 Å². The molecule has 5 nitrogen and oxygen atoms in total. The smallest absolute Gasteiger partial charge is 0.267 e. The summed E-state index contributed by atoms with van der Waals surface area (Å²) in [5.74, 6) is 0.668. The van der Waals surface area contributed by atoms with Crippen LogP contribution in [0.4, 0.5) is 11.6 Å². The van der Waals surface area contributed by atoms with Gasteiger partial charge in [0.2, 0.25) is 0 Å². The van der Waals surface area contributed by atoms with E-state index in [4.69, 9.17) is 5.73 Å². The van der Waals surface area contributed by atoms with E-state index < -0.39 is 5.91 Å². The molecule has 5 heteroatoms. The average molecular weight is 264 g/mol. The summed E-state index contributed by atoms with van der Waals surface area (Å²) in [5, 5.41) is 5.18. The Kier molecular flexibility index (Phi) is 3.01. The number of pyridine rings is 2. The highest BCUT2D eigenvalue weighted by Gasteiger charge is 2.06. The third-order valence-corrected chi connectivity index (χ3v) is 2.92. The van der Waals surface area contributed by atoms with E-state index in [-0.39, 0.29) is 5.69 Å². The van der Waals surface area contributed by atoms with Gasteiger partial charge in [0.05, 0.1) is 0 Å². The molecule has 1 amide bonds. The van der Waals surface area contributed by atoms with Crippen LogP contribution in [0.2, 0.25) is 0 Å². The van der Waals surface area contributed by atoms with Gasteiger partial charge in [0.15, 0.2) is 0 Å². The number of primary amides is 1. The lowest BCUT2D eigenvalue weighted by molar-refractivity contribution is 0.0995. The zero-order valence-electron chi connectivity index (χ0n) is 10.6. The Balaban J connectivity index is 2.01. The number of hydrogen-bond acceptors (Lipinski definition) is 4. The van der Waals surface area contributed by atoms with Crippen molar-refractivity contribution in [3.63, 3.8) is 0 Å². The largest absolute Gasteiger partial charge is 0.364 e. The van der Waals surface area contributed by atoms with Gasteiger partial charge < -0.3 is 11.1 Å². The first-order valence-corrected chi connectivity index (χ1v) is 6.12. The van der Waals surface area contributed by atoms with E-state index >= 15 is 0 Å². The number of fused-ring (bicyclic) bond motifs is 1. The number of aromatic nitrogens is 2. The van der Waals surface area contributed by atoms with Gasteiger partial charge in [-0.05, 0) is 23.6 Å². The molecule has 2 heterocycles. The van der Waals surface area contributed by atoms with Gasteiger partial charge in [-0.3, -0.25) is 4.79 Å². The lowest BCUT2D eigenvalue weighted by Gasteiger charge is -2.08. The van der Waals surface area contributed by atoms with Crippen molar-refractivity contribution in [1.29, 1.82) is 0 Å². The molecule has 0 saturated heterocycles. The Bertz CT molecular complexity index is 780. The van der Waals surface area contributed by atoms with Crippen LogP contribution >= 0.6 is 0 Å². The fourth-order valence-electron chi connectivity index (χ4n) is 1.98. The molecule has 3 rings (SSSR count). The molecule has 0 aliphatic rings. The van der Waals surface area contributed by atoms with Crippen molar-refractivity contribution < 1.29 is 4.79 Å². The van der Waals surface area contributed by atoms with E-state index in [0.717, 1.165) is 10.8 Å². The number of carbonyl (C=O) groups excluding carboxylic acids is 1. The van der Waals surface area contributed by atoms with Crippen molar-refractivity contribution in [2.75, 3.05) is 5.32 Å². The molecule has 0 aliphatic carbocycles. The van der Waals surface area contributed by atoms with Gasteiger partial charge in [-0.1, -0.05) is 30.3 Å². The number of rotatable bonds is 3. The molecular formula is C15H12N4O. The second kappa shape index (κ2) is 4.97. The Morgan fingerprint density at radius 2 is 1.90 bits per heavy atom.